The number of nitrogens with zero attached hydrogens (tertiary/aromatic N) is 1. The molecule has 1 aliphatic heterocycles. The van der Waals surface area contributed by atoms with Gasteiger partial charge in [-0.15, -0.1) is 0 Å². The van der Waals surface area contributed by atoms with Crippen molar-refractivity contribution in [2.45, 2.75) is 25.4 Å². The van der Waals surface area contributed by atoms with E-state index in [9.17, 15) is 4.79 Å². The molecule has 0 spiro atoms. The fourth-order valence-electron chi connectivity index (χ4n) is 2.43. The molecule has 1 saturated heterocycles. The van der Waals surface area contributed by atoms with E-state index in [1.165, 1.54) is 5.56 Å². The molecule has 4 nitrogen and oxygen atoms in total. The number of hydrogen-bond donors (Lipinski definition) is 1. The van der Waals surface area contributed by atoms with Gasteiger partial charge in [-0.05, 0) is 37.1 Å². The van der Waals surface area contributed by atoms with Gasteiger partial charge in [-0.1, -0.05) is 28.1 Å². The largest absolute Gasteiger partial charge is 0.481 e. The molecule has 20 heavy (non-hydrogen) atoms. The number of halogens is 1. The number of carbonyl (C=O) groups is 1. The topological polar surface area (TPSA) is 49.8 Å². The Hall–Kier alpha value is -0.910. The van der Waals surface area contributed by atoms with Crippen LogP contribution in [0, 0.1) is 0 Å². The van der Waals surface area contributed by atoms with Crippen LogP contribution in [0.2, 0.25) is 0 Å². The van der Waals surface area contributed by atoms with E-state index in [0.717, 1.165) is 43.6 Å². The van der Waals surface area contributed by atoms with Gasteiger partial charge in [0, 0.05) is 24.0 Å². The molecule has 2 rings (SSSR count). The van der Waals surface area contributed by atoms with Crippen LogP contribution in [0.1, 0.15) is 30.9 Å². The van der Waals surface area contributed by atoms with Crippen molar-refractivity contribution < 1.29 is 14.6 Å². The van der Waals surface area contributed by atoms with Crippen LogP contribution in [0.3, 0.4) is 0 Å². The first-order valence-electron chi connectivity index (χ1n) is 6.96. The van der Waals surface area contributed by atoms with E-state index in [4.69, 9.17) is 9.84 Å². The Morgan fingerprint density at radius 3 is 3.05 bits per heavy atom. The molecule has 110 valence electrons. The third kappa shape index (κ3) is 4.89. The summed E-state index contributed by atoms with van der Waals surface area (Å²) in [5.74, 6) is -0.709. The minimum atomic E-state index is -0.709. The Kier molecular flexibility index (Phi) is 6.01. The molecule has 1 atom stereocenters. The number of aliphatic carboxylic acids is 1. The second kappa shape index (κ2) is 7.76. The van der Waals surface area contributed by atoms with Crippen molar-refractivity contribution in [2.24, 2.45) is 0 Å². The van der Waals surface area contributed by atoms with Gasteiger partial charge in [0.1, 0.15) is 0 Å². The average Bonchev–Trinajstić information content (AvgIpc) is 2.44. The van der Waals surface area contributed by atoms with E-state index < -0.39 is 5.97 Å². The van der Waals surface area contributed by atoms with Gasteiger partial charge in [0.05, 0.1) is 12.7 Å². The van der Waals surface area contributed by atoms with Crippen LogP contribution in [-0.4, -0.2) is 42.2 Å². The zero-order valence-corrected chi connectivity index (χ0v) is 13.0. The van der Waals surface area contributed by atoms with Crippen LogP contribution >= 0.6 is 15.9 Å². The van der Waals surface area contributed by atoms with E-state index in [1.807, 2.05) is 12.1 Å². The SMILES string of the molecule is O=C(O)CCCCN1CCOC(c2cccc(Br)c2)C1. The Morgan fingerprint density at radius 2 is 2.30 bits per heavy atom. The lowest BCUT2D eigenvalue weighted by Crippen LogP contribution is -2.38. The molecule has 1 N–H and O–H groups in total. The van der Waals surface area contributed by atoms with Gasteiger partial charge < -0.3 is 9.84 Å². The summed E-state index contributed by atoms with van der Waals surface area (Å²) < 4.78 is 6.90. The molecule has 5 heteroatoms. The third-order valence-electron chi connectivity index (χ3n) is 3.49. The van der Waals surface area contributed by atoms with E-state index in [0.29, 0.717) is 0 Å². The molecular formula is C15H20BrNO3. The molecule has 1 unspecified atom stereocenters. The molecule has 0 saturated carbocycles. The van der Waals surface area contributed by atoms with Gasteiger partial charge >= 0.3 is 5.97 Å². The summed E-state index contributed by atoms with van der Waals surface area (Å²) in [4.78, 5) is 12.8. The summed E-state index contributed by atoms with van der Waals surface area (Å²) in [5.41, 5.74) is 1.19. The minimum absolute atomic E-state index is 0.112. The number of benzene rings is 1. The number of morpholine rings is 1. The fraction of sp³-hybridized carbons (Fsp3) is 0.533. The van der Waals surface area contributed by atoms with Crippen LogP contribution in [0.4, 0.5) is 0 Å². The lowest BCUT2D eigenvalue weighted by Gasteiger charge is -2.33. The molecule has 1 aliphatic rings. The smallest absolute Gasteiger partial charge is 0.303 e. The van der Waals surface area contributed by atoms with Crippen molar-refractivity contribution in [2.75, 3.05) is 26.2 Å². The normalized spacial score (nSPS) is 19.9. The number of unbranched alkanes of at least 4 members (excludes halogenated alkanes) is 1. The fourth-order valence-corrected chi connectivity index (χ4v) is 2.84. The monoisotopic (exact) mass is 341 g/mol. The lowest BCUT2D eigenvalue weighted by atomic mass is 10.1. The molecule has 0 amide bonds. The Bertz CT molecular complexity index is 452. The maximum Gasteiger partial charge on any atom is 0.303 e. The van der Waals surface area contributed by atoms with Crippen LogP contribution < -0.4 is 0 Å². The zero-order valence-electron chi connectivity index (χ0n) is 11.4. The van der Waals surface area contributed by atoms with Crippen molar-refractivity contribution in [1.29, 1.82) is 0 Å². The van der Waals surface area contributed by atoms with Crippen LogP contribution in [-0.2, 0) is 9.53 Å². The Balaban J connectivity index is 1.81. The molecule has 0 aromatic heterocycles. The molecule has 0 bridgehead atoms. The maximum absolute atomic E-state index is 10.5. The van der Waals surface area contributed by atoms with Gasteiger partial charge in [0.2, 0.25) is 0 Å². The van der Waals surface area contributed by atoms with Gasteiger partial charge in [-0.2, -0.15) is 0 Å². The molecule has 1 aromatic rings. The summed E-state index contributed by atoms with van der Waals surface area (Å²) >= 11 is 3.48. The van der Waals surface area contributed by atoms with Gasteiger partial charge in [0.25, 0.3) is 0 Å². The highest BCUT2D eigenvalue weighted by atomic mass is 79.9. The summed E-state index contributed by atoms with van der Waals surface area (Å²) in [5, 5.41) is 8.63. The standard InChI is InChI=1S/C15H20BrNO3/c16-13-5-3-4-12(10-13)14-11-17(8-9-20-14)7-2-1-6-15(18)19/h3-5,10,14H,1-2,6-9,11H2,(H,18,19). The summed E-state index contributed by atoms with van der Waals surface area (Å²) in [6, 6.07) is 8.21. The molecule has 1 aromatic carbocycles. The molecule has 0 aliphatic carbocycles. The van der Waals surface area contributed by atoms with Crippen molar-refractivity contribution >= 4 is 21.9 Å². The quantitative estimate of drug-likeness (QED) is 0.808. The third-order valence-corrected chi connectivity index (χ3v) is 3.98. The molecule has 1 heterocycles. The van der Waals surface area contributed by atoms with E-state index in [-0.39, 0.29) is 12.5 Å². The Morgan fingerprint density at radius 1 is 1.45 bits per heavy atom. The average molecular weight is 342 g/mol. The lowest BCUT2D eigenvalue weighted by molar-refractivity contribution is -0.137. The number of carboxylic acid groups (broad SMARTS) is 1. The molecular weight excluding hydrogens is 322 g/mol. The summed E-state index contributed by atoms with van der Waals surface area (Å²) in [6.07, 6.45) is 2.05. The van der Waals surface area contributed by atoms with Crippen molar-refractivity contribution in [3.05, 3.63) is 34.3 Å². The van der Waals surface area contributed by atoms with Crippen molar-refractivity contribution in [1.82, 2.24) is 4.90 Å². The molecule has 0 radical (unpaired) electrons. The minimum Gasteiger partial charge on any atom is -0.481 e. The number of hydrogen-bond acceptors (Lipinski definition) is 3. The Labute approximate surface area is 127 Å². The first kappa shape index (κ1) is 15.5. The van der Waals surface area contributed by atoms with Crippen LogP contribution in [0.25, 0.3) is 0 Å². The first-order chi connectivity index (χ1) is 9.65. The van der Waals surface area contributed by atoms with Gasteiger partial charge in [-0.25, -0.2) is 0 Å². The highest BCUT2D eigenvalue weighted by molar-refractivity contribution is 9.10. The number of rotatable bonds is 6. The van der Waals surface area contributed by atoms with Crippen LogP contribution in [0.5, 0.6) is 0 Å². The second-order valence-electron chi connectivity index (χ2n) is 5.07. The van der Waals surface area contributed by atoms with Crippen molar-refractivity contribution in [3.63, 3.8) is 0 Å². The van der Waals surface area contributed by atoms with Gasteiger partial charge in [0.15, 0.2) is 0 Å². The maximum atomic E-state index is 10.5. The highest BCUT2D eigenvalue weighted by Gasteiger charge is 2.21. The number of carboxylic acids is 1. The van der Waals surface area contributed by atoms with E-state index in [2.05, 4.69) is 33.0 Å². The predicted octanol–water partition coefficient (Wildman–Crippen LogP) is 3.08. The van der Waals surface area contributed by atoms with E-state index >= 15 is 0 Å². The van der Waals surface area contributed by atoms with E-state index in [1.54, 1.807) is 0 Å². The number of ether oxygens (including phenoxy) is 1. The second-order valence-corrected chi connectivity index (χ2v) is 5.98. The van der Waals surface area contributed by atoms with Crippen LogP contribution in [0.15, 0.2) is 28.7 Å². The highest BCUT2D eigenvalue weighted by Crippen LogP contribution is 2.24. The summed E-state index contributed by atoms with van der Waals surface area (Å²) in [7, 11) is 0. The van der Waals surface area contributed by atoms with Crippen molar-refractivity contribution in [3.8, 4) is 0 Å². The zero-order chi connectivity index (χ0) is 14.4. The molecule has 1 fully saturated rings. The van der Waals surface area contributed by atoms with Gasteiger partial charge in [-0.3, -0.25) is 9.69 Å². The first-order valence-corrected chi connectivity index (χ1v) is 7.75. The summed E-state index contributed by atoms with van der Waals surface area (Å²) in [6.45, 7) is 3.48. The predicted molar refractivity (Wildman–Crippen MR) is 80.8 cm³/mol.